The average Bonchev–Trinajstić information content (AvgIpc) is 2.03. The van der Waals surface area contributed by atoms with E-state index in [9.17, 15) is 9.59 Å². The Morgan fingerprint density at radius 1 is 1.42 bits per heavy atom. The first-order valence-electron chi connectivity index (χ1n) is 4.15. The third-order valence-electron chi connectivity index (χ3n) is 1.94. The fourth-order valence-corrected chi connectivity index (χ4v) is 0.858. The number of methoxy groups -OCH3 is 1. The number of hydrogen-bond donors (Lipinski definition) is 0. The number of hydrogen-bond acceptors (Lipinski definition) is 3. The summed E-state index contributed by atoms with van der Waals surface area (Å²) in [6, 6.07) is 0. The number of ether oxygens (including phenoxy) is 1. The summed E-state index contributed by atoms with van der Waals surface area (Å²) < 4.78 is 4.47. The van der Waals surface area contributed by atoms with Gasteiger partial charge < -0.3 is 4.74 Å². The lowest BCUT2D eigenvalue weighted by molar-refractivity contribution is -0.141. The van der Waals surface area contributed by atoms with Gasteiger partial charge in [0.15, 0.2) is 0 Å². The van der Waals surface area contributed by atoms with E-state index in [1.807, 2.05) is 6.92 Å². The molecule has 0 aliphatic carbocycles. The van der Waals surface area contributed by atoms with Crippen LogP contribution in [-0.2, 0) is 14.3 Å². The van der Waals surface area contributed by atoms with Gasteiger partial charge in [0.1, 0.15) is 5.78 Å². The minimum atomic E-state index is -0.203. The topological polar surface area (TPSA) is 43.4 Å². The Bertz CT molecular complexity index is 163. The monoisotopic (exact) mass is 172 g/mol. The standard InChI is InChI=1S/C9H16O3/c1-7(8(2)10)5-4-6-9(11)12-3/h7H,4-6H2,1-3H3. The van der Waals surface area contributed by atoms with Gasteiger partial charge in [-0.1, -0.05) is 6.92 Å². The summed E-state index contributed by atoms with van der Waals surface area (Å²) in [5.41, 5.74) is 0. The molecule has 0 N–H and O–H groups in total. The molecular formula is C9H16O3. The summed E-state index contributed by atoms with van der Waals surface area (Å²) in [4.78, 5) is 21.4. The lowest BCUT2D eigenvalue weighted by Gasteiger charge is -2.05. The molecule has 0 aliphatic heterocycles. The second kappa shape index (κ2) is 5.75. The first-order chi connectivity index (χ1) is 5.57. The van der Waals surface area contributed by atoms with E-state index in [0.717, 1.165) is 12.8 Å². The van der Waals surface area contributed by atoms with Crippen LogP contribution in [0.3, 0.4) is 0 Å². The van der Waals surface area contributed by atoms with Crippen molar-refractivity contribution in [2.24, 2.45) is 5.92 Å². The van der Waals surface area contributed by atoms with Crippen molar-refractivity contribution in [2.45, 2.75) is 33.1 Å². The highest BCUT2D eigenvalue weighted by Crippen LogP contribution is 2.08. The molecule has 0 aliphatic rings. The molecule has 0 saturated carbocycles. The van der Waals surface area contributed by atoms with Gasteiger partial charge in [0.05, 0.1) is 7.11 Å². The van der Waals surface area contributed by atoms with Gasteiger partial charge in [-0.3, -0.25) is 9.59 Å². The van der Waals surface area contributed by atoms with Crippen LogP contribution in [0.2, 0.25) is 0 Å². The first-order valence-corrected chi connectivity index (χ1v) is 4.15. The molecule has 0 saturated heterocycles. The molecule has 12 heavy (non-hydrogen) atoms. The fraction of sp³-hybridized carbons (Fsp3) is 0.778. The van der Waals surface area contributed by atoms with Gasteiger partial charge in [0, 0.05) is 12.3 Å². The average molecular weight is 172 g/mol. The molecule has 0 aromatic rings. The smallest absolute Gasteiger partial charge is 0.305 e. The third kappa shape index (κ3) is 4.88. The lowest BCUT2D eigenvalue weighted by Crippen LogP contribution is -2.07. The van der Waals surface area contributed by atoms with Crippen LogP contribution in [0.4, 0.5) is 0 Å². The van der Waals surface area contributed by atoms with E-state index in [-0.39, 0.29) is 17.7 Å². The second-order valence-electron chi connectivity index (χ2n) is 2.98. The SMILES string of the molecule is COC(=O)CCCC(C)C(C)=O. The number of carbonyl (C=O) groups is 2. The maximum atomic E-state index is 10.8. The Labute approximate surface area is 73.1 Å². The van der Waals surface area contributed by atoms with Crippen molar-refractivity contribution in [1.82, 2.24) is 0 Å². The molecule has 0 radical (unpaired) electrons. The maximum absolute atomic E-state index is 10.8. The van der Waals surface area contributed by atoms with Crippen molar-refractivity contribution in [3.8, 4) is 0 Å². The van der Waals surface area contributed by atoms with Crippen LogP contribution in [-0.4, -0.2) is 18.9 Å². The molecule has 0 amide bonds. The zero-order valence-corrected chi connectivity index (χ0v) is 7.92. The minimum Gasteiger partial charge on any atom is -0.469 e. The molecule has 0 bridgehead atoms. The van der Waals surface area contributed by atoms with Crippen LogP contribution in [0.25, 0.3) is 0 Å². The van der Waals surface area contributed by atoms with Gasteiger partial charge in [0.25, 0.3) is 0 Å². The van der Waals surface area contributed by atoms with Crippen molar-refractivity contribution in [3.63, 3.8) is 0 Å². The van der Waals surface area contributed by atoms with E-state index in [2.05, 4.69) is 4.74 Å². The predicted molar refractivity (Wildman–Crippen MR) is 45.7 cm³/mol. The summed E-state index contributed by atoms with van der Waals surface area (Å²) in [6.07, 6.45) is 1.91. The largest absolute Gasteiger partial charge is 0.469 e. The molecule has 1 atom stereocenters. The van der Waals surface area contributed by atoms with E-state index in [1.54, 1.807) is 6.92 Å². The van der Waals surface area contributed by atoms with Crippen molar-refractivity contribution < 1.29 is 14.3 Å². The molecular weight excluding hydrogens is 156 g/mol. The summed E-state index contributed by atoms with van der Waals surface area (Å²) in [7, 11) is 1.37. The van der Waals surface area contributed by atoms with Gasteiger partial charge in [-0.15, -0.1) is 0 Å². The summed E-state index contributed by atoms with van der Waals surface area (Å²) in [6.45, 7) is 3.45. The first kappa shape index (κ1) is 11.1. The van der Waals surface area contributed by atoms with E-state index in [4.69, 9.17) is 0 Å². The normalized spacial score (nSPS) is 12.2. The molecule has 0 aromatic carbocycles. The van der Waals surface area contributed by atoms with Crippen LogP contribution in [0.1, 0.15) is 33.1 Å². The zero-order chi connectivity index (χ0) is 9.56. The Morgan fingerprint density at radius 3 is 2.42 bits per heavy atom. The molecule has 0 spiro atoms. The zero-order valence-electron chi connectivity index (χ0n) is 7.92. The predicted octanol–water partition coefficient (Wildman–Crippen LogP) is 1.55. The highest BCUT2D eigenvalue weighted by molar-refractivity contribution is 5.77. The Hall–Kier alpha value is -0.860. The molecule has 1 unspecified atom stereocenters. The van der Waals surface area contributed by atoms with Gasteiger partial charge >= 0.3 is 5.97 Å². The summed E-state index contributed by atoms with van der Waals surface area (Å²) >= 11 is 0. The van der Waals surface area contributed by atoms with Crippen LogP contribution in [0.15, 0.2) is 0 Å². The van der Waals surface area contributed by atoms with Crippen LogP contribution in [0, 0.1) is 5.92 Å². The Morgan fingerprint density at radius 2 is 2.00 bits per heavy atom. The molecule has 0 fully saturated rings. The molecule has 70 valence electrons. The minimum absolute atomic E-state index is 0.0645. The number of Topliss-reactive ketones (excluding diaryl/α,β-unsaturated/α-hetero) is 1. The Kier molecular flexibility index (Phi) is 5.34. The van der Waals surface area contributed by atoms with Crippen LogP contribution < -0.4 is 0 Å². The van der Waals surface area contributed by atoms with Crippen LogP contribution in [0.5, 0.6) is 0 Å². The van der Waals surface area contributed by atoms with Gasteiger partial charge in [-0.05, 0) is 19.8 Å². The Balaban J connectivity index is 3.43. The summed E-state index contributed by atoms with van der Waals surface area (Å²) in [5.74, 6) is 0.0419. The van der Waals surface area contributed by atoms with E-state index in [0.29, 0.717) is 6.42 Å². The molecule has 0 heterocycles. The van der Waals surface area contributed by atoms with Gasteiger partial charge in [0.2, 0.25) is 0 Å². The van der Waals surface area contributed by atoms with Crippen molar-refractivity contribution >= 4 is 11.8 Å². The van der Waals surface area contributed by atoms with Gasteiger partial charge in [-0.2, -0.15) is 0 Å². The molecule has 3 heteroatoms. The highest BCUT2D eigenvalue weighted by Gasteiger charge is 2.08. The lowest BCUT2D eigenvalue weighted by atomic mass is 10.0. The molecule has 3 nitrogen and oxygen atoms in total. The molecule has 0 aromatic heterocycles. The number of rotatable bonds is 5. The van der Waals surface area contributed by atoms with Crippen molar-refractivity contribution in [3.05, 3.63) is 0 Å². The summed E-state index contributed by atoms with van der Waals surface area (Å²) in [5, 5.41) is 0. The van der Waals surface area contributed by atoms with E-state index in [1.165, 1.54) is 7.11 Å². The number of esters is 1. The van der Waals surface area contributed by atoms with Crippen molar-refractivity contribution in [1.29, 1.82) is 0 Å². The number of ketones is 1. The third-order valence-corrected chi connectivity index (χ3v) is 1.94. The second-order valence-corrected chi connectivity index (χ2v) is 2.98. The van der Waals surface area contributed by atoms with Crippen molar-refractivity contribution in [2.75, 3.05) is 7.11 Å². The van der Waals surface area contributed by atoms with E-state index >= 15 is 0 Å². The van der Waals surface area contributed by atoms with E-state index < -0.39 is 0 Å². The van der Waals surface area contributed by atoms with Crippen LogP contribution >= 0.6 is 0 Å². The highest BCUT2D eigenvalue weighted by atomic mass is 16.5. The van der Waals surface area contributed by atoms with Gasteiger partial charge in [-0.25, -0.2) is 0 Å². The molecule has 0 rings (SSSR count). The quantitative estimate of drug-likeness (QED) is 0.591. The maximum Gasteiger partial charge on any atom is 0.305 e. The fourth-order valence-electron chi connectivity index (χ4n) is 0.858. The number of carbonyl (C=O) groups excluding carboxylic acids is 2.